The Labute approximate surface area is 175 Å². The lowest BCUT2D eigenvalue weighted by molar-refractivity contribution is 0.259. The van der Waals surface area contributed by atoms with Gasteiger partial charge in [0, 0.05) is 51.2 Å². The van der Waals surface area contributed by atoms with E-state index in [-0.39, 0.29) is 24.0 Å². The molecule has 0 bridgehead atoms. The van der Waals surface area contributed by atoms with E-state index >= 15 is 0 Å². The largest absolute Gasteiger partial charge is 0.357 e. The maximum absolute atomic E-state index is 4.96. The lowest BCUT2D eigenvalue weighted by Gasteiger charge is -2.25. The molecule has 0 spiro atoms. The number of rotatable bonds is 5. The first-order valence-electron chi connectivity index (χ1n) is 9.66. The summed E-state index contributed by atoms with van der Waals surface area (Å²) in [6, 6.07) is 9.45. The Hall–Kier alpha value is -1.08. The minimum Gasteiger partial charge on any atom is -0.357 e. The van der Waals surface area contributed by atoms with Crippen molar-refractivity contribution in [2.45, 2.75) is 39.2 Å². The summed E-state index contributed by atoms with van der Waals surface area (Å²) in [4.78, 5) is 9.97. The Morgan fingerprint density at radius 1 is 1.31 bits per heavy atom. The summed E-state index contributed by atoms with van der Waals surface area (Å²) >= 11 is 0. The van der Waals surface area contributed by atoms with Gasteiger partial charge in [0.05, 0.1) is 0 Å². The van der Waals surface area contributed by atoms with Crippen LogP contribution in [0.2, 0.25) is 0 Å². The summed E-state index contributed by atoms with van der Waals surface area (Å²) in [7, 11) is 0. The highest BCUT2D eigenvalue weighted by atomic mass is 127. The van der Waals surface area contributed by atoms with Crippen molar-refractivity contribution in [1.82, 2.24) is 15.1 Å². The van der Waals surface area contributed by atoms with Gasteiger partial charge >= 0.3 is 0 Å². The van der Waals surface area contributed by atoms with E-state index in [1.54, 1.807) is 0 Å². The van der Waals surface area contributed by atoms with E-state index < -0.39 is 0 Å². The SMILES string of the molecule is CCNC(=NCC(C)c1cccc(C)c1)N1CCC(N2CC=CC2)C1.I. The molecular formula is C21H33IN4. The molecule has 0 aromatic heterocycles. The number of guanidine groups is 1. The summed E-state index contributed by atoms with van der Waals surface area (Å²) in [5.74, 6) is 1.52. The smallest absolute Gasteiger partial charge is 0.193 e. The predicted molar refractivity (Wildman–Crippen MR) is 122 cm³/mol. The molecule has 0 amide bonds. The number of aryl methyl sites for hydroxylation is 1. The molecule has 2 aliphatic rings. The summed E-state index contributed by atoms with van der Waals surface area (Å²) in [5.41, 5.74) is 2.70. The van der Waals surface area contributed by atoms with Gasteiger partial charge in [-0.15, -0.1) is 24.0 Å². The quantitative estimate of drug-likeness (QED) is 0.310. The number of hydrogen-bond acceptors (Lipinski definition) is 2. The van der Waals surface area contributed by atoms with Crippen LogP contribution in [0.15, 0.2) is 41.4 Å². The Bertz CT molecular complexity index is 620. The lowest BCUT2D eigenvalue weighted by atomic mass is 10.00. The van der Waals surface area contributed by atoms with Crippen LogP contribution in [0, 0.1) is 6.92 Å². The third-order valence-electron chi connectivity index (χ3n) is 5.29. The monoisotopic (exact) mass is 468 g/mol. The van der Waals surface area contributed by atoms with Crippen molar-refractivity contribution in [3.8, 4) is 0 Å². The second kappa shape index (κ2) is 10.3. The topological polar surface area (TPSA) is 30.9 Å². The van der Waals surface area contributed by atoms with Crippen LogP contribution >= 0.6 is 24.0 Å². The molecule has 1 N–H and O–H groups in total. The Morgan fingerprint density at radius 2 is 2.08 bits per heavy atom. The summed E-state index contributed by atoms with van der Waals surface area (Å²) < 4.78 is 0. The van der Waals surface area contributed by atoms with Crippen LogP contribution in [0.25, 0.3) is 0 Å². The number of likely N-dealkylation sites (tertiary alicyclic amines) is 1. The molecule has 3 rings (SSSR count). The highest BCUT2D eigenvalue weighted by Crippen LogP contribution is 2.19. The van der Waals surface area contributed by atoms with Gasteiger partial charge in [0.1, 0.15) is 0 Å². The second-order valence-corrected chi connectivity index (χ2v) is 7.32. The molecule has 0 radical (unpaired) electrons. The van der Waals surface area contributed by atoms with Crippen LogP contribution in [-0.2, 0) is 0 Å². The zero-order valence-electron chi connectivity index (χ0n) is 16.3. The molecule has 1 saturated heterocycles. The molecular weight excluding hydrogens is 435 g/mol. The molecule has 2 atom stereocenters. The van der Waals surface area contributed by atoms with Crippen LogP contribution in [0.3, 0.4) is 0 Å². The van der Waals surface area contributed by atoms with Crippen LogP contribution < -0.4 is 5.32 Å². The average Bonchev–Trinajstić information content (AvgIpc) is 3.29. The van der Waals surface area contributed by atoms with E-state index in [1.807, 2.05) is 0 Å². The molecule has 26 heavy (non-hydrogen) atoms. The van der Waals surface area contributed by atoms with Gasteiger partial charge in [-0.2, -0.15) is 0 Å². The number of aliphatic imine (C=N–C) groups is 1. The first kappa shape index (κ1) is 21.2. The molecule has 144 valence electrons. The fraction of sp³-hybridized carbons (Fsp3) is 0.571. The van der Waals surface area contributed by atoms with Gasteiger partial charge in [-0.25, -0.2) is 0 Å². The van der Waals surface area contributed by atoms with Crippen molar-refractivity contribution in [1.29, 1.82) is 0 Å². The zero-order valence-corrected chi connectivity index (χ0v) is 18.6. The number of nitrogens with one attached hydrogen (secondary N) is 1. The van der Waals surface area contributed by atoms with E-state index in [1.165, 1.54) is 17.5 Å². The molecule has 2 heterocycles. The predicted octanol–water partition coefficient (Wildman–Crippen LogP) is 3.63. The van der Waals surface area contributed by atoms with E-state index in [9.17, 15) is 0 Å². The maximum Gasteiger partial charge on any atom is 0.193 e. The van der Waals surface area contributed by atoms with Crippen molar-refractivity contribution in [2.24, 2.45) is 4.99 Å². The fourth-order valence-electron chi connectivity index (χ4n) is 3.76. The van der Waals surface area contributed by atoms with E-state index in [2.05, 4.69) is 72.3 Å². The first-order valence-corrected chi connectivity index (χ1v) is 9.66. The average molecular weight is 468 g/mol. The molecule has 2 aliphatic heterocycles. The highest BCUT2D eigenvalue weighted by Gasteiger charge is 2.29. The third-order valence-corrected chi connectivity index (χ3v) is 5.29. The van der Waals surface area contributed by atoms with Crippen molar-refractivity contribution >= 4 is 29.9 Å². The summed E-state index contributed by atoms with van der Waals surface area (Å²) in [6.07, 6.45) is 5.80. The van der Waals surface area contributed by atoms with Gasteiger partial charge in [0.15, 0.2) is 5.96 Å². The van der Waals surface area contributed by atoms with Crippen molar-refractivity contribution in [3.63, 3.8) is 0 Å². The van der Waals surface area contributed by atoms with Gasteiger partial charge in [-0.05, 0) is 25.8 Å². The van der Waals surface area contributed by atoms with Gasteiger partial charge in [-0.3, -0.25) is 9.89 Å². The molecule has 1 fully saturated rings. The van der Waals surface area contributed by atoms with E-state index in [4.69, 9.17) is 4.99 Å². The minimum absolute atomic E-state index is 0. The van der Waals surface area contributed by atoms with Crippen LogP contribution in [0.4, 0.5) is 0 Å². The highest BCUT2D eigenvalue weighted by molar-refractivity contribution is 14.0. The fourth-order valence-corrected chi connectivity index (χ4v) is 3.76. The van der Waals surface area contributed by atoms with Gasteiger partial charge in [-0.1, -0.05) is 48.9 Å². The minimum atomic E-state index is 0. The van der Waals surface area contributed by atoms with Crippen molar-refractivity contribution in [2.75, 3.05) is 39.3 Å². The van der Waals surface area contributed by atoms with Gasteiger partial charge < -0.3 is 10.2 Å². The Balaban J connectivity index is 0.00000243. The summed E-state index contributed by atoms with van der Waals surface area (Å²) in [6.45, 7) is 12.7. The standard InChI is InChI=1S/C21H32N4.HI/c1-4-22-21(23-15-18(3)19-9-7-8-17(2)14-19)25-13-10-20(16-25)24-11-5-6-12-24;/h5-9,14,18,20H,4,10-13,15-16H2,1-3H3,(H,22,23);1H. The number of nitrogens with zero attached hydrogens (tertiary/aromatic N) is 3. The molecule has 5 heteroatoms. The number of benzene rings is 1. The Morgan fingerprint density at radius 3 is 2.77 bits per heavy atom. The first-order chi connectivity index (χ1) is 12.2. The van der Waals surface area contributed by atoms with Crippen LogP contribution in [-0.4, -0.2) is 61.1 Å². The van der Waals surface area contributed by atoms with Crippen LogP contribution in [0.1, 0.15) is 37.3 Å². The van der Waals surface area contributed by atoms with E-state index in [0.717, 1.165) is 45.2 Å². The van der Waals surface area contributed by atoms with E-state index in [0.29, 0.717) is 12.0 Å². The molecule has 4 nitrogen and oxygen atoms in total. The second-order valence-electron chi connectivity index (χ2n) is 7.32. The third kappa shape index (κ3) is 5.46. The van der Waals surface area contributed by atoms with Gasteiger partial charge in [0.2, 0.25) is 0 Å². The van der Waals surface area contributed by atoms with Crippen molar-refractivity contribution < 1.29 is 0 Å². The number of hydrogen-bond donors (Lipinski definition) is 1. The maximum atomic E-state index is 4.96. The molecule has 1 aromatic rings. The molecule has 2 unspecified atom stereocenters. The molecule has 0 aliphatic carbocycles. The van der Waals surface area contributed by atoms with Crippen LogP contribution in [0.5, 0.6) is 0 Å². The zero-order chi connectivity index (χ0) is 17.6. The lowest BCUT2D eigenvalue weighted by Crippen LogP contribution is -2.43. The van der Waals surface area contributed by atoms with Gasteiger partial charge in [0.25, 0.3) is 0 Å². The normalized spacial score (nSPS) is 21.7. The van der Waals surface area contributed by atoms with Crippen molar-refractivity contribution in [3.05, 3.63) is 47.5 Å². The number of halogens is 1. The molecule has 0 saturated carbocycles. The summed E-state index contributed by atoms with van der Waals surface area (Å²) in [5, 5.41) is 3.50. The Kier molecular flexibility index (Phi) is 8.41. The molecule has 1 aromatic carbocycles.